The van der Waals surface area contributed by atoms with Gasteiger partial charge in [0.1, 0.15) is 0 Å². The quantitative estimate of drug-likeness (QED) is 0.0480. The summed E-state index contributed by atoms with van der Waals surface area (Å²) in [4.78, 5) is 20.8. The van der Waals surface area contributed by atoms with Crippen molar-refractivity contribution in [1.29, 1.82) is 0 Å². The summed E-state index contributed by atoms with van der Waals surface area (Å²) in [7, 11) is 0. The lowest BCUT2D eigenvalue weighted by Crippen LogP contribution is -2.28. The van der Waals surface area contributed by atoms with E-state index in [0.717, 1.165) is 19.3 Å². The van der Waals surface area contributed by atoms with Gasteiger partial charge >= 0.3 is 5.97 Å². The molecule has 0 aliphatic rings. The highest BCUT2D eigenvalue weighted by molar-refractivity contribution is 5.66. The molecule has 0 unspecified atom stereocenters. The number of carboxylic acids is 1. The van der Waals surface area contributed by atoms with Crippen molar-refractivity contribution in [3.05, 3.63) is 0 Å². The van der Waals surface area contributed by atoms with E-state index in [9.17, 15) is 4.79 Å². The number of hydrogen-bond donors (Lipinski definition) is 3. The van der Waals surface area contributed by atoms with E-state index < -0.39 is 5.97 Å². The number of carboxylic acid groups (broad SMARTS) is 1. The van der Waals surface area contributed by atoms with Gasteiger partial charge in [0.15, 0.2) is 0 Å². The Hall–Kier alpha value is -0.730. The molecule has 0 fully saturated rings. The van der Waals surface area contributed by atoms with Crippen molar-refractivity contribution in [3.63, 3.8) is 0 Å². The smallest absolute Gasteiger partial charge is 0.303 e. The van der Waals surface area contributed by atoms with Gasteiger partial charge < -0.3 is 15.3 Å². The minimum absolute atomic E-state index is 0.0297. The van der Waals surface area contributed by atoms with Crippen molar-refractivity contribution in [2.24, 2.45) is 0 Å². The van der Waals surface area contributed by atoms with E-state index in [4.69, 9.17) is 25.0 Å². The third-order valence-electron chi connectivity index (χ3n) is 7.84. The molecule has 0 aromatic heterocycles. The van der Waals surface area contributed by atoms with Gasteiger partial charge in [-0.1, -0.05) is 180 Å². The Bertz CT molecular complexity index is 500. The number of aliphatic hydroxyl groups is 2. The van der Waals surface area contributed by atoms with Crippen LogP contribution in [0.5, 0.6) is 0 Å². The topological polar surface area (TPSA) is 99.5 Å². The Kier molecular flexibility index (Phi) is 42.6. The zero-order valence-corrected chi connectivity index (χ0v) is 28.8. The highest BCUT2D eigenvalue weighted by Crippen LogP contribution is 2.15. The van der Waals surface area contributed by atoms with E-state index in [-0.39, 0.29) is 26.4 Å². The maximum absolute atomic E-state index is 10.2. The number of hydroxylamine groups is 2. The SMILES string of the molecule is CCCCCCCCCCCC(=O)O.CCCCCCCCCCCCCCCCCCCCN(OCCO)OCCO. The fourth-order valence-corrected chi connectivity index (χ4v) is 5.18. The minimum Gasteiger partial charge on any atom is -0.481 e. The molecule has 0 aromatic carbocycles. The van der Waals surface area contributed by atoms with Crippen LogP contribution < -0.4 is 0 Å². The second-order valence-electron chi connectivity index (χ2n) is 12.2. The standard InChI is InChI=1S/C24H51NO4.C12H24O2/c1-2-3-4-5-6-7-8-9-10-11-12-13-14-15-16-17-18-19-20-25(28-23-21-26)29-24-22-27;1-2-3-4-5-6-7-8-9-10-11-12(13)14/h26-27H,2-24H2,1H3;2-11H2,1H3,(H,13,14). The second kappa shape index (κ2) is 41.3. The van der Waals surface area contributed by atoms with Gasteiger partial charge in [-0.05, 0) is 12.8 Å². The van der Waals surface area contributed by atoms with Crippen LogP contribution in [-0.2, 0) is 14.5 Å². The van der Waals surface area contributed by atoms with Crippen LogP contribution in [0.2, 0.25) is 0 Å². The molecule has 0 saturated carbocycles. The summed E-state index contributed by atoms with van der Waals surface area (Å²) in [6.45, 7) is 5.58. The first-order valence-corrected chi connectivity index (χ1v) is 18.6. The highest BCUT2D eigenvalue weighted by Gasteiger charge is 2.05. The molecule has 7 nitrogen and oxygen atoms in total. The van der Waals surface area contributed by atoms with E-state index in [1.165, 1.54) is 159 Å². The Morgan fingerprint density at radius 1 is 0.465 bits per heavy atom. The number of rotatable bonds is 35. The Balaban J connectivity index is 0. The average Bonchev–Trinajstić information content (AvgIpc) is 3.00. The van der Waals surface area contributed by atoms with Crippen molar-refractivity contribution < 1.29 is 29.8 Å². The lowest BCUT2D eigenvalue weighted by atomic mass is 10.0. The molecular formula is C36H75NO6. The predicted octanol–water partition coefficient (Wildman–Crippen LogP) is 10.2. The van der Waals surface area contributed by atoms with Gasteiger partial charge in [0.25, 0.3) is 0 Å². The normalized spacial score (nSPS) is 11.2. The van der Waals surface area contributed by atoms with Crippen molar-refractivity contribution in [1.82, 2.24) is 5.23 Å². The molecule has 0 aliphatic heterocycles. The summed E-state index contributed by atoms with van der Waals surface area (Å²) in [5, 5.41) is 27.4. The fourth-order valence-electron chi connectivity index (χ4n) is 5.18. The van der Waals surface area contributed by atoms with Crippen molar-refractivity contribution in [2.45, 2.75) is 194 Å². The van der Waals surface area contributed by atoms with Crippen LogP contribution in [0.25, 0.3) is 0 Å². The summed E-state index contributed by atoms with van der Waals surface area (Å²) < 4.78 is 0. The van der Waals surface area contributed by atoms with E-state index in [1.807, 2.05) is 0 Å². The van der Waals surface area contributed by atoms with Gasteiger partial charge in [0, 0.05) is 6.42 Å². The third-order valence-corrected chi connectivity index (χ3v) is 7.84. The van der Waals surface area contributed by atoms with E-state index in [2.05, 4.69) is 13.8 Å². The van der Waals surface area contributed by atoms with Crippen LogP contribution in [0.15, 0.2) is 0 Å². The lowest BCUT2D eigenvalue weighted by Gasteiger charge is -2.20. The number of aliphatic carboxylic acids is 1. The van der Waals surface area contributed by atoms with Gasteiger partial charge in [-0.2, -0.15) is 0 Å². The molecule has 0 rings (SSSR count). The summed E-state index contributed by atoms with van der Waals surface area (Å²) in [5.74, 6) is -0.659. The summed E-state index contributed by atoms with van der Waals surface area (Å²) in [6.07, 6.45) is 36.0. The van der Waals surface area contributed by atoms with Crippen LogP contribution >= 0.6 is 0 Å². The van der Waals surface area contributed by atoms with E-state index in [0.29, 0.717) is 13.0 Å². The lowest BCUT2D eigenvalue weighted by molar-refractivity contribution is -0.371. The predicted molar refractivity (Wildman–Crippen MR) is 181 cm³/mol. The van der Waals surface area contributed by atoms with Crippen LogP contribution in [0, 0.1) is 0 Å². The number of unbranched alkanes of at least 4 members (excludes halogenated alkanes) is 25. The molecule has 260 valence electrons. The molecule has 0 atom stereocenters. The van der Waals surface area contributed by atoms with Gasteiger partial charge in [0.05, 0.1) is 33.0 Å². The Labute approximate surface area is 267 Å². The zero-order valence-electron chi connectivity index (χ0n) is 28.8. The summed E-state index contributed by atoms with van der Waals surface area (Å²) in [6, 6.07) is 0. The van der Waals surface area contributed by atoms with Gasteiger partial charge in [-0.15, -0.1) is 0 Å². The van der Waals surface area contributed by atoms with Crippen LogP contribution in [0.1, 0.15) is 194 Å². The first-order valence-electron chi connectivity index (χ1n) is 18.6. The molecule has 0 aliphatic carbocycles. The number of aliphatic hydroxyl groups excluding tert-OH is 2. The fraction of sp³-hybridized carbons (Fsp3) is 0.972. The van der Waals surface area contributed by atoms with E-state index in [1.54, 1.807) is 0 Å². The number of hydrogen-bond acceptors (Lipinski definition) is 6. The van der Waals surface area contributed by atoms with Crippen LogP contribution in [0.3, 0.4) is 0 Å². The molecule has 3 N–H and O–H groups in total. The van der Waals surface area contributed by atoms with Gasteiger partial charge in [-0.3, -0.25) is 14.5 Å². The Morgan fingerprint density at radius 3 is 1.02 bits per heavy atom. The molecule has 43 heavy (non-hydrogen) atoms. The first-order chi connectivity index (χ1) is 21.1. The van der Waals surface area contributed by atoms with Crippen molar-refractivity contribution in [2.75, 3.05) is 33.0 Å². The largest absolute Gasteiger partial charge is 0.481 e. The molecule has 0 radical (unpaired) electrons. The monoisotopic (exact) mass is 618 g/mol. The summed E-state index contributed by atoms with van der Waals surface area (Å²) >= 11 is 0. The molecule has 0 heterocycles. The number of carbonyl (C=O) groups is 1. The highest BCUT2D eigenvalue weighted by atomic mass is 16.9. The molecular weight excluding hydrogens is 542 g/mol. The summed E-state index contributed by atoms with van der Waals surface area (Å²) in [5.41, 5.74) is 0. The number of nitrogens with zero attached hydrogens (tertiary/aromatic N) is 1. The van der Waals surface area contributed by atoms with E-state index >= 15 is 0 Å². The van der Waals surface area contributed by atoms with Crippen molar-refractivity contribution in [3.8, 4) is 0 Å². The molecule has 7 heteroatoms. The molecule has 0 aromatic rings. The minimum atomic E-state index is -0.659. The maximum Gasteiger partial charge on any atom is 0.303 e. The zero-order chi connectivity index (χ0) is 31.9. The molecule has 0 saturated heterocycles. The van der Waals surface area contributed by atoms with Crippen LogP contribution in [-0.4, -0.2) is 59.5 Å². The molecule has 0 bridgehead atoms. The van der Waals surface area contributed by atoms with Crippen molar-refractivity contribution >= 4 is 5.97 Å². The molecule has 0 amide bonds. The third kappa shape index (κ3) is 43.5. The Morgan fingerprint density at radius 2 is 0.744 bits per heavy atom. The molecule has 0 spiro atoms. The van der Waals surface area contributed by atoms with Gasteiger partial charge in [-0.25, -0.2) is 0 Å². The first kappa shape index (κ1) is 44.4. The van der Waals surface area contributed by atoms with Gasteiger partial charge in [0.2, 0.25) is 0 Å². The average molecular weight is 618 g/mol. The van der Waals surface area contributed by atoms with Crippen LogP contribution in [0.4, 0.5) is 0 Å². The second-order valence-corrected chi connectivity index (χ2v) is 12.2. The maximum atomic E-state index is 10.2.